The third-order valence-corrected chi connectivity index (χ3v) is 5.80. The first-order chi connectivity index (χ1) is 13.7. The number of nitrogens with zero attached hydrogens (tertiary/aromatic N) is 4. The van der Waals surface area contributed by atoms with Gasteiger partial charge in [-0.3, -0.25) is 14.4 Å². The first kappa shape index (κ1) is 23.2. The standard InChI is InChI=1S/C17H29N6O5P/c1-11(8-23-9-21-14(15(18)19-3)16(23)20-4)27-10-29(25,26)22-12(2)17(24)28-13-6-5-7-13/h9,11-13H,4-8,10H2,1-3H3,(H2,18,19)(H2,22,25,26)/t11-,12+/m1/s1. The number of carbonyl (C=O) groups is 1. The van der Waals surface area contributed by atoms with Crippen LogP contribution in [0.15, 0.2) is 16.3 Å². The Balaban J connectivity index is 1.86. The molecule has 0 bridgehead atoms. The van der Waals surface area contributed by atoms with Gasteiger partial charge in [-0.15, -0.1) is 0 Å². The van der Waals surface area contributed by atoms with Crippen molar-refractivity contribution in [2.24, 2.45) is 15.7 Å². The molecule has 0 aromatic carbocycles. The summed E-state index contributed by atoms with van der Waals surface area (Å²) in [6.45, 7) is 7.04. The number of amidine groups is 1. The zero-order valence-electron chi connectivity index (χ0n) is 16.9. The van der Waals surface area contributed by atoms with Crippen molar-refractivity contribution >= 4 is 31.9 Å². The molecule has 0 aliphatic heterocycles. The molecule has 12 heteroatoms. The van der Waals surface area contributed by atoms with E-state index in [0.717, 1.165) is 19.3 Å². The van der Waals surface area contributed by atoms with Crippen LogP contribution in [0.5, 0.6) is 0 Å². The van der Waals surface area contributed by atoms with Crippen molar-refractivity contribution in [3.05, 3.63) is 12.0 Å². The number of hydrogen-bond acceptors (Lipinski definition) is 7. The second-order valence-corrected chi connectivity index (χ2v) is 8.90. The summed E-state index contributed by atoms with van der Waals surface area (Å²) in [6.07, 6.45) is 3.23. The van der Waals surface area contributed by atoms with Crippen molar-refractivity contribution < 1.29 is 23.7 Å². The van der Waals surface area contributed by atoms with E-state index >= 15 is 0 Å². The second-order valence-electron chi connectivity index (χ2n) is 6.98. The maximum atomic E-state index is 12.3. The Bertz CT molecular complexity index is 806. The highest BCUT2D eigenvalue weighted by atomic mass is 31.2. The van der Waals surface area contributed by atoms with Crippen LogP contribution < -0.4 is 10.8 Å². The highest BCUT2D eigenvalue weighted by Crippen LogP contribution is 2.36. The van der Waals surface area contributed by atoms with Gasteiger partial charge in [0, 0.05) is 7.05 Å². The van der Waals surface area contributed by atoms with E-state index in [1.807, 2.05) is 0 Å². The van der Waals surface area contributed by atoms with Gasteiger partial charge in [0.2, 0.25) is 0 Å². The third-order valence-electron chi connectivity index (χ3n) is 4.52. The van der Waals surface area contributed by atoms with Crippen LogP contribution in [0.1, 0.15) is 38.8 Å². The Kier molecular flexibility index (Phi) is 8.09. The Hall–Kier alpha value is -2.07. The maximum Gasteiger partial charge on any atom is 0.323 e. The lowest BCUT2D eigenvalue weighted by molar-refractivity contribution is -0.154. The largest absolute Gasteiger partial charge is 0.461 e. The first-order valence-corrected chi connectivity index (χ1v) is 11.2. The average molecular weight is 428 g/mol. The van der Waals surface area contributed by atoms with Crippen molar-refractivity contribution in [2.75, 3.05) is 13.4 Å². The monoisotopic (exact) mass is 428 g/mol. The Morgan fingerprint density at radius 2 is 2.24 bits per heavy atom. The molecule has 1 aromatic heterocycles. The topological polar surface area (TPSA) is 153 Å². The quantitative estimate of drug-likeness (QED) is 0.205. The van der Waals surface area contributed by atoms with Crippen LogP contribution in [0.2, 0.25) is 0 Å². The Morgan fingerprint density at radius 1 is 1.55 bits per heavy atom. The average Bonchev–Trinajstić information content (AvgIpc) is 3.04. The maximum absolute atomic E-state index is 12.3. The van der Waals surface area contributed by atoms with Crippen LogP contribution in [0.3, 0.4) is 0 Å². The van der Waals surface area contributed by atoms with Crippen LogP contribution in [0, 0.1) is 0 Å². The molecule has 29 heavy (non-hydrogen) atoms. The predicted octanol–water partition coefficient (Wildman–Crippen LogP) is 1.17. The van der Waals surface area contributed by atoms with Gasteiger partial charge in [0.1, 0.15) is 30.0 Å². The predicted molar refractivity (Wildman–Crippen MR) is 110 cm³/mol. The van der Waals surface area contributed by atoms with Gasteiger partial charge in [-0.25, -0.2) is 15.1 Å². The molecule has 1 saturated carbocycles. The molecular formula is C17H29N6O5P. The molecule has 4 N–H and O–H groups in total. The molecule has 1 aliphatic rings. The number of esters is 1. The minimum Gasteiger partial charge on any atom is -0.461 e. The molecule has 0 saturated heterocycles. The summed E-state index contributed by atoms with van der Waals surface area (Å²) < 4.78 is 24.7. The molecule has 1 aliphatic carbocycles. The molecule has 1 unspecified atom stereocenters. The second kappa shape index (κ2) is 10.1. The zero-order chi connectivity index (χ0) is 21.6. The van der Waals surface area contributed by atoms with Crippen molar-refractivity contribution in [1.82, 2.24) is 14.6 Å². The summed E-state index contributed by atoms with van der Waals surface area (Å²) in [5.41, 5.74) is 6.19. The summed E-state index contributed by atoms with van der Waals surface area (Å²) in [5, 5.41) is 2.41. The summed E-state index contributed by atoms with van der Waals surface area (Å²) in [5.74, 6) is 0.118. The van der Waals surface area contributed by atoms with Gasteiger partial charge in [0.25, 0.3) is 7.52 Å². The minimum absolute atomic E-state index is 0.0828. The Labute approximate surface area is 169 Å². The molecule has 162 valence electrons. The van der Waals surface area contributed by atoms with E-state index in [1.165, 1.54) is 13.3 Å². The lowest BCUT2D eigenvalue weighted by Gasteiger charge is -2.27. The van der Waals surface area contributed by atoms with Crippen LogP contribution >= 0.6 is 7.52 Å². The van der Waals surface area contributed by atoms with Gasteiger partial charge in [-0.2, -0.15) is 0 Å². The van der Waals surface area contributed by atoms with Crippen molar-refractivity contribution in [2.45, 2.75) is 57.9 Å². The van der Waals surface area contributed by atoms with Gasteiger partial charge in [0.15, 0.2) is 5.82 Å². The van der Waals surface area contributed by atoms with E-state index < -0.39 is 32.0 Å². The third kappa shape index (κ3) is 6.46. The summed E-state index contributed by atoms with van der Waals surface area (Å²) in [6, 6.07) is -0.908. The smallest absolute Gasteiger partial charge is 0.323 e. The highest BCUT2D eigenvalue weighted by molar-refractivity contribution is 7.55. The first-order valence-electron chi connectivity index (χ1n) is 9.33. The lowest BCUT2D eigenvalue weighted by Crippen LogP contribution is -2.38. The van der Waals surface area contributed by atoms with E-state index in [1.54, 1.807) is 18.5 Å². The number of nitrogens with one attached hydrogen (secondary N) is 1. The number of aliphatic imine (C=N–C) groups is 2. The fourth-order valence-corrected chi connectivity index (χ4v) is 3.91. The molecule has 1 fully saturated rings. The van der Waals surface area contributed by atoms with Crippen LogP contribution in [0.25, 0.3) is 0 Å². The fourth-order valence-electron chi connectivity index (χ4n) is 2.67. The summed E-state index contributed by atoms with van der Waals surface area (Å²) >= 11 is 0. The number of carbonyl (C=O) groups excluding carboxylic acids is 1. The van der Waals surface area contributed by atoms with Gasteiger partial charge in [-0.1, -0.05) is 0 Å². The SMILES string of the molecule is C=Nc1c(C(N)=NC)ncn1C[C@@H](C)OCP(=O)(O)N[C@@H](C)C(=O)OC1CCC1. The zero-order valence-corrected chi connectivity index (χ0v) is 17.8. The number of ether oxygens (including phenoxy) is 2. The molecule has 0 spiro atoms. The summed E-state index contributed by atoms with van der Waals surface area (Å²) in [7, 11) is -2.36. The van der Waals surface area contributed by atoms with E-state index in [2.05, 4.69) is 26.8 Å². The van der Waals surface area contributed by atoms with E-state index in [-0.39, 0.29) is 11.9 Å². The van der Waals surface area contributed by atoms with Gasteiger partial charge >= 0.3 is 5.97 Å². The number of rotatable bonds is 11. The van der Waals surface area contributed by atoms with Crippen molar-refractivity contribution in [3.8, 4) is 0 Å². The number of imidazole rings is 1. The number of aromatic nitrogens is 2. The molecule has 0 radical (unpaired) electrons. The molecule has 1 aromatic rings. The summed E-state index contributed by atoms with van der Waals surface area (Å²) in [4.78, 5) is 34.0. The molecular weight excluding hydrogens is 399 g/mol. The van der Waals surface area contributed by atoms with Crippen LogP contribution in [-0.4, -0.2) is 64.6 Å². The lowest BCUT2D eigenvalue weighted by atomic mass is 9.96. The molecule has 1 heterocycles. The number of hydrogen-bond donors (Lipinski definition) is 3. The van der Waals surface area contributed by atoms with E-state index in [9.17, 15) is 14.3 Å². The minimum atomic E-state index is -3.90. The molecule has 11 nitrogen and oxygen atoms in total. The highest BCUT2D eigenvalue weighted by Gasteiger charge is 2.30. The molecule has 3 atom stereocenters. The van der Waals surface area contributed by atoms with Gasteiger partial charge < -0.3 is 24.7 Å². The van der Waals surface area contributed by atoms with Crippen LogP contribution in [0.4, 0.5) is 5.82 Å². The molecule has 0 amide bonds. The van der Waals surface area contributed by atoms with E-state index in [4.69, 9.17) is 15.2 Å². The van der Waals surface area contributed by atoms with E-state index in [0.29, 0.717) is 18.1 Å². The molecule has 2 rings (SSSR count). The van der Waals surface area contributed by atoms with Crippen molar-refractivity contribution in [3.63, 3.8) is 0 Å². The normalized spacial score (nSPS) is 19.1. The van der Waals surface area contributed by atoms with Gasteiger partial charge in [0.05, 0.1) is 19.0 Å². The number of nitrogens with two attached hydrogens (primary N) is 1. The van der Waals surface area contributed by atoms with Crippen LogP contribution in [-0.2, 0) is 25.4 Å². The fraction of sp³-hybridized carbons (Fsp3) is 0.647. The Morgan fingerprint density at radius 3 is 2.79 bits per heavy atom. The van der Waals surface area contributed by atoms with Gasteiger partial charge in [-0.05, 0) is 39.8 Å². The van der Waals surface area contributed by atoms with Crippen molar-refractivity contribution in [1.29, 1.82) is 0 Å².